The van der Waals surface area contributed by atoms with E-state index in [1.165, 1.54) is 12.1 Å². The zero-order valence-corrected chi connectivity index (χ0v) is 16.7. The molecule has 28 heavy (non-hydrogen) atoms. The Labute approximate surface area is 168 Å². The van der Waals surface area contributed by atoms with Crippen LogP contribution in [-0.2, 0) is 6.42 Å². The lowest BCUT2D eigenvalue weighted by Gasteiger charge is -2.16. The molecule has 0 aliphatic rings. The molecule has 0 aliphatic carbocycles. The predicted octanol–water partition coefficient (Wildman–Crippen LogP) is 3.50. The van der Waals surface area contributed by atoms with Crippen LogP contribution in [0.5, 0.6) is 5.75 Å². The van der Waals surface area contributed by atoms with Gasteiger partial charge in [0.2, 0.25) is 0 Å². The number of thiocarbonyl (C=S) groups is 1. The number of para-hydroxylation sites is 1. The number of nitro groups is 1. The fourth-order valence-corrected chi connectivity index (χ4v) is 2.76. The van der Waals surface area contributed by atoms with Crippen molar-refractivity contribution in [2.45, 2.75) is 27.2 Å². The van der Waals surface area contributed by atoms with Gasteiger partial charge in [-0.1, -0.05) is 25.1 Å². The second-order valence-corrected chi connectivity index (χ2v) is 6.28. The summed E-state index contributed by atoms with van der Waals surface area (Å²) in [6.07, 6.45) is 0.828. The number of hydrogen-bond acceptors (Lipinski definition) is 5. The molecule has 0 saturated carbocycles. The monoisotopic (exact) mass is 402 g/mol. The summed E-state index contributed by atoms with van der Waals surface area (Å²) in [4.78, 5) is 22.9. The fraction of sp³-hybridized carbons (Fsp3) is 0.263. The number of ether oxygens (including phenoxy) is 1. The van der Waals surface area contributed by atoms with Crippen LogP contribution in [0, 0.1) is 17.0 Å². The minimum Gasteiger partial charge on any atom is -0.487 e. The summed E-state index contributed by atoms with van der Waals surface area (Å²) in [5, 5.41) is 14.5. The number of hydrazine groups is 1. The second kappa shape index (κ2) is 9.65. The molecule has 1 amide bonds. The van der Waals surface area contributed by atoms with Gasteiger partial charge in [-0.05, 0) is 55.7 Å². The summed E-state index contributed by atoms with van der Waals surface area (Å²) in [6.45, 7) is 6.01. The molecule has 0 aromatic heterocycles. The van der Waals surface area contributed by atoms with Gasteiger partial charge in [-0.3, -0.25) is 25.8 Å². The SMILES string of the molecule is CCOc1ccc(C(=O)NNC(=S)Nc2c(C)cccc2CC)cc1[N+](=O)[O-]. The Morgan fingerprint density at radius 1 is 1.21 bits per heavy atom. The van der Waals surface area contributed by atoms with Crippen LogP contribution in [0.1, 0.15) is 35.3 Å². The summed E-state index contributed by atoms with van der Waals surface area (Å²) < 4.78 is 5.21. The van der Waals surface area contributed by atoms with E-state index >= 15 is 0 Å². The maximum atomic E-state index is 12.3. The van der Waals surface area contributed by atoms with Crippen molar-refractivity contribution in [3.05, 3.63) is 63.2 Å². The van der Waals surface area contributed by atoms with Gasteiger partial charge in [0, 0.05) is 17.3 Å². The molecule has 0 fully saturated rings. The zero-order chi connectivity index (χ0) is 20.7. The number of carbonyl (C=O) groups excluding carboxylic acids is 1. The van der Waals surface area contributed by atoms with E-state index in [9.17, 15) is 14.9 Å². The van der Waals surface area contributed by atoms with Crippen molar-refractivity contribution in [1.82, 2.24) is 10.9 Å². The first-order valence-corrected chi connectivity index (χ1v) is 9.15. The van der Waals surface area contributed by atoms with Crippen LogP contribution in [0.25, 0.3) is 0 Å². The third kappa shape index (κ3) is 5.17. The summed E-state index contributed by atoms with van der Waals surface area (Å²) in [5.74, 6) is -0.448. The molecule has 0 unspecified atom stereocenters. The van der Waals surface area contributed by atoms with Gasteiger partial charge < -0.3 is 10.1 Å². The Kier molecular flexibility index (Phi) is 7.28. The van der Waals surface area contributed by atoms with E-state index in [4.69, 9.17) is 17.0 Å². The third-order valence-corrected chi connectivity index (χ3v) is 4.19. The van der Waals surface area contributed by atoms with E-state index in [2.05, 4.69) is 16.2 Å². The number of carbonyl (C=O) groups is 1. The number of benzene rings is 2. The van der Waals surface area contributed by atoms with E-state index in [1.54, 1.807) is 6.92 Å². The highest BCUT2D eigenvalue weighted by atomic mass is 32.1. The number of aryl methyl sites for hydroxylation is 2. The lowest BCUT2D eigenvalue weighted by molar-refractivity contribution is -0.385. The molecule has 0 heterocycles. The molecule has 0 aliphatic heterocycles. The highest BCUT2D eigenvalue weighted by Crippen LogP contribution is 2.28. The molecule has 2 rings (SSSR count). The molecule has 148 valence electrons. The molecule has 0 atom stereocenters. The normalized spacial score (nSPS) is 10.1. The van der Waals surface area contributed by atoms with Gasteiger partial charge in [0.25, 0.3) is 5.91 Å². The quantitative estimate of drug-likeness (QED) is 0.386. The first-order valence-electron chi connectivity index (χ1n) is 8.74. The molecule has 0 radical (unpaired) electrons. The zero-order valence-electron chi connectivity index (χ0n) is 15.9. The summed E-state index contributed by atoms with van der Waals surface area (Å²) in [6, 6.07) is 9.93. The maximum Gasteiger partial charge on any atom is 0.311 e. The van der Waals surface area contributed by atoms with Crippen molar-refractivity contribution in [2.75, 3.05) is 11.9 Å². The Bertz CT molecular complexity index is 901. The van der Waals surface area contributed by atoms with Gasteiger partial charge in [-0.15, -0.1) is 0 Å². The molecule has 8 nitrogen and oxygen atoms in total. The Morgan fingerprint density at radius 2 is 1.96 bits per heavy atom. The van der Waals surface area contributed by atoms with Crippen molar-refractivity contribution in [3.8, 4) is 5.75 Å². The van der Waals surface area contributed by atoms with Crippen LogP contribution in [0.3, 0.4) is 0 Å². The Balaban J connectivity index is 2.05. The van der Waals surface area contributed by atoms with Crippen LogP contribution in [0.4, 0.5) is 11.4 Å². The number of nitrogens with zero attached hydrogens (tertiary/aromatic N) is 1. The first kappa shape index (κ1) is 21.1. The highest BCUT2D eigenvalue weighted by Gasteiger charge is 2.18. The number of amides is 1. The Hall–Kier alpha value is -3.20. The van der Waals surface area contributed by atoms with Crippen molar-refractivity contribution >= 4 is 34.6 Å². The third-order valence-electron chi connectivity index (χ3n) is 3.99. The van der Waals surface area contributed by atoms with Crippen molar-refractivity contribution in [1.29, 1.82) is 0 Å². The molecule has 2 aromatic rings. The average Bonchev–Trinajstić information content (AvgIpc) is 2.68. The van der Waals surface area contributed by atoms with Crippen LogP contribution >= 0.6 is 12.2 Å². The van der Waals surface area contributed by atoms with Gasteiger partial charge >= 0.3 is 5.69 Å². The van der Waals surface area contributed by atoms with Gasteiger partial charge in [0.05, 0.1) is 11.5 Å². The minimum atomic E-state index is -0.591. The molecule has 0 saturated heterocycles. The largest absolute Gasteiger partial charge is 0.487 e. The van der Waals surface area contributed by atoms with E-state index < -0.39 is 10.8 Å². The number of rotatable bonds is 6. The first-order chi connectivity index (χ1) is 13.4. The predicted molar refractivity (Wildman–Crippen MR) is 112 cm³/mol. The summed E-state index contributed by atoms with van der Waals surface area (Å²) in [5.41, 5.74) is 7.89. The van der Waals surface area contributed by atoms with E-state index in [0.29, 0.717) is 0 Å². The van der Waals surface area contributed by atoms with Crippen molar-refractivity contribution in [3.63, 3.8) is 0 Å². The lowest BCUT2D eigenvalue weighted by atomic mass is 10.1. The number of hydrogen-bond donors (Lipinski definition) is 3. The number of nitro benzene ring substituents is 1. The molecule has 3 N–H and O–H groups in total. The van der Waals surface area contributed by atoms with Gasteiger partial charge in [0.1, 0.15) is 0 Å². The lowest BCUT2D eigenvalue weighted by Crippen LogP contribution is -2.44. The molecule has 0 bridgehead atoms. The molecular weight excluding hydrogens is 380 g/mol. The average molecular weight is 402 g/mol. The summed E-state index contributed by atoms with van der Waals surface area (Å²) in [7, 11) is 0. The van der Waals surface area contributed by atoms with E-state index in [-0.39, 0.29) is 28.7 Å². The van der Waals surface area contributed by atoms with Crippen LogP contribution < -0.4 is 20.9 Å². The number of anilines is 1. The standard InChI is InChI=1S/C19H22N4O4S/c1-4-13-8-6-7-12(3)17(13)20-19(28)22-21-18(24)14-9-10-16(27-5-2)15(11-14)23(25)26/h6-11H,4-5H2,1-3H3,(H,21,24)(H2,20,22,28). The summed E-state index contributed by atoms with van der Waals surface area (Å²) >= 11 is 5.23. The van der Waals surface area contributed by atoms with Crippen molar-refractivity contribution < 1.29 is 14.5 Å². The second-order valence-electron chi connectivity index (χ2n) is 5.87. The Morgan fingerprint density at radius 3 is 2.61 bits per heavy atom. The van der Waals surface area contributed by atoms with Crippen LogP contribution in [-0.4, -0.2) is 22.5 Å². The topological polar surface area (TPSA) is 106 Å². The molecule has 2 aromatic carbocycles. The minimum absolute atomic E-state index is 0.107. The smallest absolute Gasteiger partial charge is 0.311 e. The van der Waals surface area contributed by atoms with E-state index in [0.717, 1.165) is 29.3 Å². The van der Waals surface area contributed by atoms with Gasteiger partial charge in [-0.25, -0.2) is 0 Å². The number of nitrogens with one attached hydrogen (secondary N) is 3. The van der Waals surface area contributed by atoms with Crippen LogP contribution in [0.15, 0.2) is 36.4 Å². The van der Waals surface area contributed by atoms with Gasteiger partial charge in [0.15, 0.2) is 10.9 Å². The van der Waals surface area contributed by atoms with Crippen molar-refractivity contribution in [2.24, 2.45) is 0 Å². The van der Waals surface area contributed by atoms with E-state index in [1.807, 2.05) is 32.0 Å². The fourth-order valence-electron chi connectivity index (χ4n) is 2.61. The molecule has 9 heteroatoms. The highest BCUT2D eigenvalue weighted by molar-refractivity contribution is 7.80. The van der Waals surface area contributed by atoms with Gasteiger partial charge in [-0.2, -0.15) is 0 Å². The maximum absolute atomic E-state index is 12.3. The molecular formula is C19H22N4O4S. The molecule has 0 spiro atoms. The van der Waals surface area contributed by atoms with Crippen LogP contribution in [0.2, 0.25) is 0 Å².